The molecule has 1 aliphatic heterocycles. The van der Waals surface area contributed by atoms with Crippen LogP contribution in [0.15, 0.2) is 22.7 Å². The average molecular weight is 319 g/mol. The molecule has 0 N–H and O–H groups in total. The van der Waals surface area contributed by atoms with Crippen molar-refractivity contribution in [2.45, 2.75) is 19.3 Å². The summed E-state index contributed by atoms with van der Waals surface area (Å²) in [4.78, 5) is 25.9. The van der Waals surface area contributed by atoms with E-state index in [2.05, 4.69) is 15.9 Å². The minimum absolute atomic E-state index is 0.0618. The van der Waals surface area contributed by atoms with Gasteiger partial charge < -0.3 is 0 Å². The summed E-state index contributed by atoms with van der Waals surface area (Å²) in [5, 5.41) is 9.15. The lowest BCUT2D eigenvalue weighted by Crippen LogP contribution is -2.46. The van der Waals surface area contributed by atoms with E-state index in [4.69, 9.17) is 5.26 Å². The molecule has 1 aliphatic carbocycles. The highest BCUT2D eigenvalue weighted by Crippen LogP contribution is 2.41. The van der Waals surface area contributed by atoms with Crippen LogP contribution in [-0.4, -0.2) is 11.8 Å². The highest BCUT2D eigenvalue weighted by molar-refractivity contribution is 9.10. The lowest BCUT2D eigenvalue weighted by Gasteiger charge is -2.30. The summed E-state index contributed by atoms with van der Waals surface area (Å²) >= 11 is 3.32. The third-order valence-electron chi connectivity index (χ3n) is 3.89. The van der Waals surface area contributed by atoms with Gasteiger partial charge in [-0.3, -0.25) is 9.59 Å². The van der Waals surface area contributed by atoms with E-state index in [9.17, 15) is 9.59 Å². The van der Waals surface area contributed by atoms with Crippen LogP contribution in [0.25, 0.3) is 0 Å². The Bertz CT molecular complexity index is 598. The van der Waals surface area contributed by atoms with Gasteiger partial charge >= 0.3 is 0 Å². The second-order valence-electron chi connectivity index (χ2n) is 4.99. The Morgan fingerprint density at radius 2 is 1.84 bits per heavy atom. The normalized spacial score (nSPS) is 25.6. The SMILES string of the molecule is N#Cc1ccc(Br)cc1N1C(=O)C2CCC(C2)C1=O. The molecule has 0 spiro atoms. The Balaban J connectivity index is 2.11. The van der Waals surface area contributed by atoms with E-state index in [0.717, 1.165) is 17.3 Å². The molecule has 2 atom stereocenters. The summed E-state index contributed by atoms with van der Waals surface area (Å²) in [5.74, 6) is -0.442. The van der Waals surface area contributed by atoms with Crippen LogP contribution < -0.4 is 4.90 Å². The van der Waals surface area contributed by atoms with Crippen LogP contribution in [0.3, 0.4) is 0 Å². The van der Waals surface area contributed by atoms with E-state index in [0.29, 0.717) is 17.7 Å². The van der Waals surface area contributed by atoms with Gasteiger partial charge in [-0.2, -0.15) is 5.26 Å². The third-order valence-corrected chi connectivity index (χ3v) is 4.39. The van der Waals surface area contributed by atoms with Gasteiger partial charge in [0.15, 0.2) is 0 Å². The molecule has 19 heavy (non-hydrogen) atoms. The molecular weight excluding hydrogens is 308 g/mol. The van der Waals surface area contributed by atoms with E-state index >= 15 is 0 Å². The number of benzene rings is 1. The van der Waals surface area contributed by atoms with Gasteiger partial charge in [0.2, 0.25) is 11.8 Å². The minimum Gasteiger partial charge on any atom is -0.274 e. The summed E-state index contributed by atoms with van der Waals surface area (Å²) in [7, 11) is 0. The van der Waals surface area contributed by atoms with E-state index in [-0.39, 0.29) is 23.7 Å². The fraction of sp³-hybridized carbons (Fsp3) is 0.357. The molecule has 1 aromatic rings. The number of amides is 2. The van der Waals surface area contributed by atoms with Crippen LogP contribution in [0.1, 0.15) is 24.8 Å². The van der Waals surface area contributed by atoms with Crippen LogP contribution in [-0.2, 0) is 9.59 Å². The molecule has 96 valence electrons. The summed E-state index contributed by atoms with van der Waals surface area (Å²) < 4.78 is 0.750. The Kier molecular flexibility index (Phi) is 2.90. The van der Waals surface area contributed by atoms with Crippen molar-refractivity contribution in [3.63, 3.8) is 0 Å². The Morgan fingerprint density at radius 1 is 1.21 bits per heavy atom. The lowest BCUT2D eigenvalue weighted by molar-refractivity contribution is -0.133. The fourth-order valence-electron chi connectivity index (χ4n) is 2.93. The van der Waals surface area contributed by atoms with Crippen molar-refractivity contribution in [1.29, 1.82) is 5.26 Å². The van der Waals surface area contributed by atoms with Crippen molar-refractivity contribution in [2.24, 2.45) is 11.8 Å². The summed E-state index contributed by atoms with van der Waals surface area (Å²) in [5.41, 5.74) is 0.759. The van der Waals surface area contributed by atoms with Crippen molar-refractivity contribution in [3.8, 4) is 6.07 Å². The molecule has 4 nitrogen and oxygen atoms in total. The number of nitriles is 1. The van der Waals surface area contributed by atoms with Crippen LogP contribution in [0.2, 0.25) is 0 Å². The first-order valence-corrected chi connectivity index (χ1v) is 6.98. The van der Waals surface area contributed by atoms with E-state index in [1.165, 1.54) is 4.90 Å². The molecule has 2 amide bonds. The number of rotatable bonds is 1. The molecule has 1 saturated carbocycles. The van der Waals surface area contributed by atoms with Crippen molar-refractivity contribution >= 4 is 33.4 Å². The highest BCUT2D eigenvalue weighted by atomic mass is 79.9. The number of nitrogens with zero attached hydrogens (tertiary/aromatic N) is 2. The van der Waals surface area contributed by atoms with Crippen LogP contribution in [0.4, 0.5) is 5.69 Å². The number of imide groups is 1. The van der Waals surface area contributed by atoms with E-state index < -0.39 is 0 Å². The first-order chi connectivity index (χ1) is 9.11. The third kappa shape index (κ3) is 1.87. The summed E-state index contributed by atoms with van der Waals surface area (Å²) in [6, 6.07) is 7.06. The fourth-order valence-corrected chi connectivity index (χ4v) is 3.27. The zero-order chi connectivity index (χ0) is 13.6. The molecule has 1 aromatic carbocycles. The minimum atomic E-state index is -0.159. The zero-order valence-electron chi connectivity index (χ0n) is 10.1. The van der Waals surface area contributed by atoms with Gasteiger partial charge in [0.05, 0.1) is 11.3 Å². The maximum atomic E-state index is 12.4. The second-order valence-corrected chi connectivity index (χ2v) is 5.91. The molecule has 3 rings (SSSR count). The van der Waals surface area contributed by atoms with Gasteiger partial charge in [-0.05, 0) is 37.5 Å². The molecule has 0 aromatic heterocycles. The molecule has 5 heteroatoms. The molecule has 2 fully saturated rings. The monoisotopic (exact) mass is 318 g/mol. The van der Waals surface area contributed by atoms with Crippen LogP contribution in [0.5, 0.6) is 0 Å². The number of carbonyl (C=O) groups is 2. The highest BCUT2D eigenvalue weighted by Gasteiger charge is 2.46. The number of hydrogen-bond acceptors (Lipinski definition) is 3. The smallest absolute Gasteiger partial charge is 0.236 e. The summed E-state index contributed by atoms with van der Waals surface area (Å²) in [6.07, 6.45) is 2.23. The van der Waals surface area contributed by atoms with Gasteiger partial charge in [-0.15, -0.1) is 0 Å². The molecule has 1 heterocycles. The largest absolute Gasteiger partial charge is 0.274 e. The van der Waals surface area contributed by atoms with Crippen LogP contribution >= 0.6 is 15.9 Å². The molecular formula is C14H11BrN2O2. The zero-order valence-corrected chi connectivity index (χ0v) is 11.7. The second kappa shape index (κ2) is 4.46. The van der Waals surface area contributed by atoms with Gasteiger partial charge in [-0.1, -0.05) is 15.9 Å². The predicted molar refractivity (Wildman–Crippen MR) is 72.2 cm³/mol. The van der Waals surface area contributed by atoms with Gasteiger partial charge in [-0.25, -0.2) is 4.90 Å². The van der Waals surface area contributed by atoms with Crippen molar-refractivity contribution in [3.05, 3.63) is 28.2 Å². The molecule has 2 unspecified atom stereocenters. The average Bonchev–Trinajstić information content (AvgIpc) is 2.84. The number of halogens is 1. The Morgan fingerprint density at radius 3 is 2.42 bits per heavy atom. The maximum absolute atomic E-state index is 12.4. The molecule has 1 saturated heterocycles. The van der Waals surface area contributed by atoms with Crippen LogP contribution in [0, 0.1) is 23.2 Å². The van der Waals surface area contributed by atoms with Gasteiger partial charge in [0.25, 0.3) is 0 Å². The van der Waals surface area contributed by atoms with E-state index in [1.54, 1.807) is 18.2 Å². The van der Waals surface area contributed by atoms with Gasteiger partial charge in [0.1, 0.15) is 6.07 Å². The first-order valence-electron chi connectivity index (χ1n) is 6.19. The molecule has 2 bridgehead atoms. The van der Waals surface area contributed by atoms with E-state index in [1.807, 2.05) is 6.07 Å². The predicted octanol–water partition coefficient (Wildman–Crippen LogP) is 2.61. The van der Waals surface area contributed by atoms with Crippen molar-refractivity contribution in [2.75, 3.05) is 4.90 Å². The lowest BCUT2D eigenvalue weighted by atomic mass is 9.96. The quantitative estimate of drug-likeness (QED) is 0.748. The number of hydrogen-bond donors (Lipinski definition) is 0. The molecule has 0 radical (unpaired) electrons. The first kappa shape index (κ1) is 12.4. The number of anilines is 1. The number of fused-ring (bicyclic) bond motifs is 2. The maximum Gasteiger partial charge on any atom is 0.236 e. The number of piperidine rings is 1. The standard InChI is InChI=1S/C14H11BrN2O2/c15-11-4-3-10(7-16)12(6-11)17-13(18)8-1-2-9(5-8)14(17)19/h3-4,6,8-9H,1-2,5H2. The topological polar surface area (TPSA) is 61.2 Å². The van der Waals surface area contributed by atoms with Crippen molar-refractivity contribution in [1.82, 2.24) is 0 Å². The Hall–Kier alpha value is -1.67. The Labute approximate surface area is 119 Å². The summed E-state index contributed by atoms with van der Waals surface area (Å²) in [6.45, 7) is 0. The number of carbonyl (C=O) groups excluding carboxylic acids is 2. The molecule has 2 aliphatic rings. The van der Waals surface area contributed by atoms with Gasteiger partial charge in [0, 0.05) is 16.3 Å². The van der Waals surface area contributed by atoms with Crippen molar-refractivity contribution < 1.29 is 9.59 Å².